The van der Waals surface area contributed by atoms with Gasteiger partial charge in [0.05, 0.1) is 0 Å². The summed E-state index contributed by atoms with van der Waals surface area (Å²) in [6, 6.07) is 10.4. The standard InChI is InChI=1S/C18H21N3O3/c1-20-12-15(18(23)24)16(19-20)17(22)21-9-7-14(8-10-21)11-13-5-3-2-4-6-13/h2-6,12,14H,7-11H2,1H3,(H,23,24). The first-order valence-corrected chi connectivity index (χ1v) is 8.14. The summed E-state index contributed by atoms with van der Waals surface area (Å²) >= 11 is 0. The minimum Gasteiger partial charge on any atom is -0.478 e. The normalized spacial score (nSPS) is 15.5. The smallest absolute Gasteiger partial charge is 0.339 e. The SMILES string of the molecule is Cn1cc(C(=O)O)c(C(=O)N2CCC(Cc3ccccc3)CC2)n1. The summed E-state index contributed by atoms with van der Waals surface area (Å²) in [7, 11) is 1.62. The van der Waals surface area contributed by atoms with E-state index in [1.165, 1.54) is 16.4 Å². The molecule has 24 heavy (non-hydrogen) atoms. The van der Waals surface area contributed by atoms with E-state index in [4.69, 9.17) is 0 Å². The third kappa shape index (κ3) is 3.48. The molecule has 0 radical (unpaired) electrons. The highest BCUT2D eigenvalue weighted by molar-refractivity contribution is 6.03. The van der Waals surface area contributed by atoms with Crippen LogP contribution in [0.15, 0.2) is 36.5 Å². The monoisotopic (exact) mass is 327 g/mol. The van der Waals surface area contributed by atoms with E-state index in [1.807, 2.05) is 18.2 Å². The molecule has 126 valence electrons. The average molecular weight is 327 g/mol. The first-order chi connectivity index (χ1) is 11.5. The van der Waals surface area contributed by atoms with Gasteiger partial charge >= 0.3 is 5.97 Å². The highest BCUT2D eigenvalue weighted by Crippen LogP contribution is 2.23. The maximum atomic E-state index is 12.6. The van der Waals surface area contributed by atoms with Crippen LogP contribution in [-0.4, -0.2) is 44.8 Å². The number of amides is 1. The molecule has 1 N–H and O–H groups in total. The Morgan fingerprint density at radius 3 is 2.50 bits per heavy atom. The third-order valence-corrected chi connectivity index (χ3v) is 4.53. The Balaban J connectivity index is 1.62. The van der Waals surface area contributed by atoms with Gasteiger partial charge in [-0.25, -0.2) is 4.79 Å². The zero-order valence-electron chi connectivity index (χ0n) is 13.7. The molecule has 6 nitrogen and oxygen atoms in total. The predicted molar refractivity (Wildman–Crippen MR) is 88.9 cm³/mol. The molecule has 0 aliphatic carbocycles. The molecule has 1 aliphatic rings. The van der Waals surface area contributed by atoms with Gasteiger partial charge in [-0.05, 0) is 30.7 Å². The number of rotatable bonds is 4. The highest BCUT2D eigenvalue weighted by Gasteiger charge is 2.28. The maximum Gasteiger partial charge on any atom is 0.339 e. The fraction of sp³-hybridized carbons (Fsp3) is 0.389. The molecular weight excluding hydrogens is 306 g/mol. The average Bonchev–Trinajstić information content (AvgIpc) is 2.98. The summed E-state index contributed by atoms with van der Waals surface area (Å²) in [4.78, 5) is 25.6. The van der Waals surface area contributed by atoms with Crippen LogP contribution in [0.4, 0.5) is 0 Å². The van der Waals surface area contributed by atoms with Crippen LogP contribution in [0.2, 0.25) is 0 Å². The Kier molecular flexibility index (Phi) is 4.64. The fourth-order valence-corrected chi connectivity index (χ4v) is 3.24. The number of aromatic nitrogens is 2. The van der Waals surface area contributed by atoms with E-state index in [2.05, 4.69) is 17.2 Å². The molecular formula is C18H21N3O3. The molecule has 0 spiro atoms. The second kappa shape index (κ2) is 6.86. The van der Waals surface area contributed by atoms with E-state index >= 15 is 0 Å². The maximum absolute atomic E-state index is 12.6. The van der Waals surface area contributed by atoms with Crippen LogP contribution < -0.4 is 0 Å². The number of aryl methyl sites for hydroxylation is 1. The Morgan fingerprint density at radius 2 is 1.88 bits per heavy atom. The molecule has 1 aromatic carbocycles. The number of carboxylic acids is 1. The molecule has 1 aliphatic heterocycles. The number of likely N-dealkylation sites (tertiary alicyclic amines) is 1. The summed E-state index contributed by atoms with van der Waals surface area (Å²) in [6.07, 6.45) is 4.25. The van der Waals surface area contributed by atoms with E-state index in [1.54, 1.807) is 11.9 Å². The van der Waals surface area contributed by atoms with Gasteiger partial charge < -0.3 is 10.0 Å². The number of piperidine rings is 1. The van der Waals surface area contributed by atoms with Crippen molar-refractivity contribution in [1.29, 1.82) is 0 Å². The van der Waals surface area contributed by atoms with Crippen molar-refractivity contribution in [2.24, 2.45) is 13.0 Å². The summed E-state index contributed by atoms with van der Waals surface area (Å²) in [5.41, 5.74) is 1.32. The third-order valence-electron chi connectivity index (χ3n) is 4.53. The van der Waals surface area contributed by atoms with Gasteiger partial charge in [0, 0.05) is 26.3 Å². The van der Waals surface area contributed by atoms with Crippen LogP contribution in [0.1, 0.15) is 39.3 Å². The van der Waals surface area contributed by atoms with Crippen molar-refractivity contribution in [2.45, 2.75) is 19.3 Å². The van der Waals surface area contributed by atoms with Crippen molar-refractivity contribution in [1.82, 2.24) is 14.7 Å². The molecule has 0 bridgehead atoms. The first-order valence-electron chi connectivity index (χ1n) is 8.14. The largest absolute Gasteiger partial charge is 0.478 e. The predicted octanol–water partition coefficient (Wildman–Crippen LogP) is 2.21. The van der Waals surface area contributed by atoms with Crippen molar-refractivity contribution in [3.8, 4) is 0 Å². The van der Waals surface area contributed by atoms with Gasteiger partial charge in [0.2, 0.25) is 0 Å². The number of carboxylic acid groups (broad SMARTS) is 1. The van der Waals surface area contributed by atoms with Gasteiger partial charge in [-0.1, -0.05) is 30.3 Å². The quantitative estimate of drug-likeness (QED) is 0.934. The highest BCUT2D eigenvalue weighted by atomic mass is 16.4. The summed E-state index contributed by atoms with van der Waals surface area (Å²) in [5, 5.41) is 13.2. The van der Waals surface area contributed by atoms with Crippen LogP contribution in [0.25, 0.3) is 0 Å². The van der Waals surface area contributed by atoms with Gasteiger partial charge in [0.25, 0.3) is 5.91 Å². The Bertz CT molecular complexity index is 731. The first kappa shape index (κ1) is 16.2. The van der Waals surface area contributed by atoms with Crippen molar-refractivity contribution in [3.05, 3.63) is 53.3 Å². The van der Waals surface area contributed by atoms with Crippen LogP contribution in [0, 0.1) is 5.92 Å². The van der Waals surface area contributed by atoms with Crippen LogP contribution in [0.3, 0.4) is 0 Å². The van der Waals surface area contributed by atoms with Crippen LogP contribution in [0.5, 0.6) is 0 Å². The minimum absolute atomic E-state index is 0.0334. The number of benzene rings is 1. The molecule has 0 atom stereocenters. The molecule has 1 fully saturated rings. The molecule has 1 amide bonds. The van der Waals surface area contributed by atoms with E-state index in [-0.39, 0.29) is 17.2 Å². The van der Waals surface area contributed by atoms with E-state index in [0.717, 1.165) is 19.3 Å². The number of carbonyl (C=O) groups is 2. The van der Waals surface area contributed by atoms with E-state index in [0.29, 0.717) is 19.0 Å². The second-order valence-corrected chi connectivity index (χ2v) is 6.30. The molecule has 2 aromatic rings. The Hall–Kier alpha value is -2.63. The number of carbonyl (C=O) groups excluding carboxylic acids is 1. The lowest BCUT2D eigenvalue weighted by molar-refractivity contribution is 0.0648. The van der Waals surface area contributed by atoms with E-state index < -0.39 is 5.97 Å². The fourth-order valence-electron chi connectivity index (χ4n) is 3.24. The number of nitrogens with zero attached hydrogens (tertiary/aromatic N) is 3. The van der Waals surface area contributed by atoms with Crippen LogP contribution in [-0.2, 0) is 13.5 Å². The van der Waals surface area contributed by atoms with Gasteiger partial charge in [-0.3, -0.25) is 9.48 Å². The van der Waals surface area contributed by atoms with Crippen molar-refractivity contribution < 1.29 is 14.7 Å². The number of hydrogen-bond donors (Lipinski definition) is 1. The zero-order chi connectivity index (χ0) is 17.1. The Labute approximate surface area is 140 Å². The second-order valence-electron chi connectivity index (χ2n) is 6.30. The van der Waals surface area contributed by atoms with Gasteiger partial charge in [-0.15, -0.1) is 0 Å². The summed E-state index contributed by atoms with van der Waals surface area (Å²) < 4.78 is 1.37. The van der Waals surface area contributed by atoms with E-state index in [9.17, 15) is 14.7 Å². The lowest BCUT2D eigenvalue weighted by atomic mass is 9.90. The molecule has 6 heteroatoms. The molecule has 1 aromatic heterocycles. The van der Waals surface area contributed by atoms with Gasteiger partial charge in [0.1, 0.15) is 5.56 Å². The molecule has 3 rings (SSSR count). The lowest BCUT2D eigenvalue weighted by Gasteiger charge is -2.31. The lowest BCUT2D eigenvalue weighted by Crippen LogP contribution is -2.39. The Morgan fingerprint density at radius 1 is 1.21 bits per heavy atom. The molecule has 0 saturated carbocycles. The summed E-state index contributed by atoms with van der Waals surface area (Å²) in [6.45, 7) is 1.29. The molecule has 2 heterocycles. The number of hydrogen-bond acceptors (Lipinski definition) is 3. The van der Waals surface area contributed by atoms with Gasteiger partial charge in [0.15, 0.2) is 5.69 Å². The molecule has 1 saturated heterocycles. The number of aromatic carboxylic acids is 1. The summed E-state index contributed by atoms with van der Waals surface area (Å²) in [5.74, 6) is -0.851. The van der Waals surface area contributed by atoms with Gasteiger partial charge in [-0.2, -0.15) is 5.10 Å². The van der Waals surface area contributed by atoms with Crippen LogP contribution >= 0.6 is 0 Å². The molecule has 0 unspecified atom stereocenters. The zero-order valence-corrected chi connectivity index (χ0v) is 13.7. The minimum atomic E-state index is -1.12. The topological polar surface area (TPSA) is 75.4 Å². The van der Waals surface area contributed by atoms with Crippen molar-refractivity contribution >= 4 is 11.9 Å². The van der Waals surface area contributed by atoms with Crippen molar-refractivity contribution in [3.63, 3.8) is 0 Å². The van der Waals surface area contributed by atoms with Crippen molar-refractivity contribution in [2.75, 3.05) is 13.1 Å².